The molecule has 1 aromatic rings. The molecule has 0 amide bonds. The van der Waals surface area contributed by atoms with Gasteiger partial charge in [-0.1, -0.05) is 27.2 Å². The maximum Gasteiger partial charge on any atom is 0.241 e. The van der Waals surface area contributed by atoms with Crippen LogP contribution in [0.4, 0.5) is 0 Å². The highest BCUT2D eigenvalue weighted by Crippen LogP contribution is 2.36. The van der Waals surface area contributed by atoms with Crippen LogP contribution in [0.25, 0.3) is 0 Å². The van der Waals surface area contributed by atoms with Crippen LogP contribution < -0.4 is 10.0 Å². The molecule has 0 aliphatic heterocycles. The average molecular weight is 316 g/mol. The van der Waals surface area contributed by atoms with Gasteiger partial charge in [-0.2, -0.15) is 0 Å². The first kappa shape index (κ1) is 15.9. The number of rotatable bonds is 8. The van der Waals surface area contributed by atoms with Gasteiger partial charge in [0.05, 0.1) is 4.90 Å². The van der Waals surface area contributed by atoms with Gasteiger partial charge in [0, 0.05) is 23.5 Å². The second kappa shape index (κ2) is 6.56. The summed E-state index contributed by atoms with van der Waals surface area (Å²) in [5, 5.41) is 5.13. The van der Waals surface area contributed by atoms with E-state index in [0.717, 1.165) is 24.1 Å². The largest absolute Gasteiger partial charge is 0.310 e. The van der Waals surface area contributed by atoms with Crippen LogP contribution in [0.5, 0.6) is 0 Å². The lowest BCUT2D eigenvalue weighted by Gasteiger charge is -2.10. The second-order valence-corrected chi connectivity index (χ2v) is 8.44. The van der Waals surface area contributed by atoms with Gasteiger partial charge in [-0.25, -0.2) is 13.1 Å². The van der Waals surface area contributed by atoms with Crippen LogP contribution in [-0.4, -0.2) is 20.5 Å². The maximum absolute atomic E-state index is 12.4. The standard InChI is InChI=1S/C14H24N2O2S2/c1-4-5-11-8-12(11)16-20(17,18)14-6-7-19-13(14)9-15-10(2)3/h6-7,10-12,15-16H,4-5,8-9H2,1-3H3. The van der Waals surface area contributed by atoms with E-state index in [4.69, 9.17) is 0 Å². The minimum absolute atomic E-state index is 0.144. The van der Waals surface area contributed by atoms with Crippen LogP contribution in [0.1, 0.15) is 44.9 Å². The van der Waals surface area contributed by atoms with Crippen molar-refractivity contribution < 1.29 is 8.42 Å². The average Bonchev–Trinajstić information content (AvgIpc) is 2.91. The summed E-state index contributed by atoms with van der Waals surface area (Å²) in [6.45, 7) is 6.85. The normalized spacial score (nSPS) is 22.4. The van der Waals surface area contributed by atoms with E-state index in [1.54, 1.807) is 6.07 Å². The fraction of sp³-hybridized carbons (Fsp3) is 0.714. The summed E-state index contributed by atoms with van der Waals surface area (Å²) >= 11 is 1.50. The molecule has 1 fully saturated rings. The molecule has 1 saturated carbocycles. The Kier molecular flexibility index (Phi) is 5.23. The molecule has 1 heterocycles. The molecule has 6 heteroatoms. The molecule has 0 saturated heterocycles. The summed E-state index contributed by atoms with van der Waals surface area (Å²) in [5.41, 5.74) is 0. The van der Waals surface area contributed by atoms with Crippen LogP contribution in [0.3, 0.4) is 0 Å². The zero-order chi connectivity index (χ0) is 14.8. The molecule has 4 nitrogen and oxygen atoms in total. The van der Waals surface area contributed by atoms with Crippen molar-refractivity contribution in [2.24, 2.45) is 5.92 Å². The summed E-state index contributed by atoms with van der Waals surface area (Å²) in [5.74, 6) is 0.533. The van der Waals surface area contributed by atoms with E-state index in [-0.39, 0.29) is 6.04 Å². The van der Waals surface area contributed by atoms with Crippen molar-refractivity contribution in [3.8, 4) is 0 Å². The predicted octanol–water partition coefficient (Wildman–Crippen LogP) is 2.71. The quantitative estimate of drug-likeness (QED) is 0.775. The summed E-state index contributed by atoms with van der Waals surface area (Å²) in [6.07, 6.45) is 3.21. The number of hydrogen-bond donors (Lipinski definition) is 2. The van der Waals surface area contributed by atoms with Crippen LogP contribution in [0.15, 0.2) is 16.3 Å². The Bertz CT molecular complexity index is 537. The lowest BCUT2D eigenvalue weighted by Crippen LogP contribution is -2.28. The highest BCUT2D eigenvalue weighted by atomic mass is 32.2. The molecule has 114 valence electrons. The first-order chi connectivity index (χ1) is 9.44. The molecule has 0 radical (unpaired) electrons. The molecule has 1 aliphatic carbocycles. The molecule has 2 atom stereocenters. The molecule has 2 rings (SSSR count). The lowest BCUT2D eigenvalue weighted by atomic mass is 10.2. The Hall–Kier alpha value is -0.430. The van der Waals surface area contributed by atoms with Gasteiger partial charge in [-0.3, -0.25) is 0 Å². The molecule has 0 spiro atoms. The third-order valence-corrected chi connectivity index (χ3v) is 6.18. The smallest absolute Gasteiger partial charge is 0.241 e. The molecule has 20 heavy (non-hydrogen) atoms. The second-order valence-electron chi connectivity index (χ2n) is 5.76. The van der Waals surface area contributed by atoms with Gasteiger partial charge in [0.25, 0.3) is 0 Å². The minimum atomic E-state index is -3.36. The zero-order valence-electron chi connectivity index (χ0n) is 12.3. The molecule has 1 aliphatic rings. The van der Waals surface area contributed by atoms with Gasteiger partial charge in [-0.05, 0) is 30.2 Å². The molecule has 1 aromatic heterocycles. The fourth-order valence-corrected chi connectivity index (χ4v) is 5.05. The van der Waals surface area contributed by atoms with E-state index in [2.05, 4.69) is 30.8 Å². The summed E-state index contributed by atoms with van der Waals surface area (Å²) in [4.78, 5) is 1.33. The Labute approximate surface area is 126 Å². The molecule has 2 N–H and O–H groups in total. The number of sulfonamides is 1. The van der Waals surface area contributed by atoms with Crippen LogP contribution in [0, 0.1) is 5.92 Å². The number of nitrogens with one attached hydrogen (secondary N) is 2. The molecule has 0 bridgehead atoms. The fourth-order valence-electron chi connectivity index (χ4n) is 2.34. The van der Waals surface area contributed by atoms with Crippen molar-refractivity contribution >= 4 is 21.4 Å². The van der Waals surface area contributed by atoms with Gasteiger partial charge < -0.3 is 5.32 Å². The number of hydrogen-bond acceptors (Lipinski definition) is 4. The first-order valence-corrected chi connectivity index (χ1v) is 9.62. The number of thiophene rings is 1. The highest BCUT2D eigenvalue weighted by molar-refractivity contribution is 7.89. The molecular weight excluding hydrogens is 292 g/mol. The monoisotopic (exact) mass is 316 g/mol. The summed E-state index contributed by atoms with van der Waals surface area (Å²) in [7, 11) is -3.36. The molecule has 0 aromatic carbocycles. The minimum Gasteiger partial charge on any atom is -0.310 e. The zero-order valence-corrected chi connectivity index (χ0v) is 14.0. The van der Waals surface area contributed by atoms with E-state index < -0.39 is 10.0 Å². The highest BCUT2D eigenvalue weighted by Gasteiger charge is 2.39. The van der Waals surface area contributed by atoms with Crippen molar-refractivity contribution in [2.45, 2.75) is 63.6 Å². The van der Waals surface area contributed by atoms with Crippen molar-refractivity contribution in [2.75, 3.05) is 0 Å². The Balaban J connectivity index is 2.01. The van der Waals surface area contributed by atoms with Crippen molar-refractivity contribution in [1.82, 2.24) is 10.0 Å². The van der Waals surface area contributed by atoms with Gasteiger partial charge >= 0.3 is 0 Å². The summed E-state index contributed by atoms with van der Waals surface area (Å²) < 4.78 is 27.7. The van der Waals surface area contributed by atoms with Gasteiger partial charge in [0.2, 0.25) is 10.0 Å². The van der Waals surface area contributed by atoms with E-state index in [1.165, 1.54) is 11.3 Å². The van der Waals surface area contributed by atoms with E-state index in [0.29, 0.717) is 23.4 Å². The summed E-state index contributed by atoms with van der Waals surface area (Å²) in [6, 6.07) is 2.20. The third-order valence-electron chi connectivity index (χ3n) is 3.55. The topological polar surface area (TPSA) is 58.2 Å². The Morgan fingerprint density at radius 2 is 2.20 bits per heavy atom. The van der Waals surface area contributed by atoms with Crippen molar-refractivity contribution in [3.05, 3.63) is 16.3 Å². The Morgan fingerprint density at radius 3 is 2.85 bits per heavy atom. The van der Waals surface area contributed by atoms with E-state index in [1.807, 2.05) is 5.38 Å². The van der Waals surface area contributed by atoms with E-state index >= 15 is 0 Å². The third kappa shape index (κ3) is 4.04. The maximum atomic E-state index is 12.4. The van der Waals surface area contributed by atoms with E-state index in [9.17, 15) is 8.42 Å². The van der Waals surface area contributed by atoms with Crippen molar-refractivity contribution in [1.29, 1.82) is 0 Å². The van der Waals surface area contributed by atoms with Gasteiger partial charge in [0.15, 0.2) is 0 Å². The van der Waals surface area contributed by atoms with Gasteiger partial charge in [0.1, 0.15) is 0 Å². The predicted molar refractivity (Wildman–Crippen MR) is 83.4 cm³/mol. The lowest BCUT2D eigenvalue weighted by molar-refractivity contribution is 0.566. The van der Waals surface area contributed by atoms with Crippen LogP contribution in [0.2, 0.25) is 0 Å². The Morgan fingerprint density at radius 1 is 1.45 bits per heavy atom. The van der Waals surface area contributed by atoms with Crippen LogP contribution in [-0.2, 0) is 16.6 Å². The van der Waals surface area contributed by atoms with Crippen LogP contribution >= 0.6 is 11.3 Å². The first-order valence-electron chi connectivity index (χ1n) is 7.26. The van der Waals surface area contributed by atoms with Crippen molar-refractivity contribution in [3.63, 3.8) is 0 Å². The molecular formula is C14H24N2O2S2. The SMILES string of the molecule is CCCC1CC1NS(=O)(=O)c1ccsc1CNC(C)C. The van der Waals surface area contributed by atoms with Gasteiger partial charge in [-0.15, -0.1) is 11.3 Å². The molecule has 2 unspecified atom stereocenters.